The predicted octanol–water partition coefficient (Wildman–Crippen LogP) is 5.93. The summed E-state index contributed by atoms with van der Waals surface area (Å²) in [5, 5.41) is 6.98. The van der Waals surface area contributed by atoms with Gasteiger partial charge in [0.1, 0.15) is 0 Å². The van der Waals surface area contributed by atoms with Gasteiger partial charge in [-0.15, -0.1) is 0 Å². The summed E-state index contributed by atoms with van der Waals surface area (Å²) in [6, 6.07) is 9.40. The van der Waals surface area contributed by atoms with Gasteiger partial charge in [0.25, 0.3) is 0 Å². The average Bonchev–Trinajstić information content (AvgIpc) is 2.63. The lowest BCUT2D eigenvalue weighted by molar-refractivity contribution is 0.0377. The van der Waals surface area contributed by atoms with Crippen LogP contribution in [-0.4, -0.2) is 29.3 Å². The molecule has 2 rings (SSSR count). The van der Waals surface area contributed by atoms with Crippen molar-refractivity contribution in [3.8, 4) is 0 Å². The zero-order valence-electron chi connectivity index (χ0n) is 16.9. The Bertz CT molecular complexity index is 924. The van der Waals surface area contributed by atoms with Crippen LogP contribution < -0.4 is 10.6 Å². The van der Waals surface area contributed by atoms with E-state index in [9.17, 15) is 9.59 Å². The fraction of sp³-hybridized carbons (Fsp3) is 0.286. The van der Waals surface area contributed by atoms with Crippen LogP contribution in [0.4, 0.5) is 11.4 Å². The van der Waals surface area contributed by atoms with Gasteiger partial charge in [-0.1, -0.05) is 23.2 Å². The van der Waals surface area contributed by atoms with E-state index in [0.29, 0.717) is 21.4 Å². The standard InChI is InChI=1S/C21H22Cl2N2O4S/c1-11(2)28-19(26)13-7-14(20(27)29-12(3)4)9-16(8-13)24-21(30)25-18-10-15(22)5-6-17(18)23/h5-12H,1-4H3,(H2,24,25,30). The van der Waals surface area contributed by atoms with Gasteiger partial charge in [0.05, 0.1) is 34.0 Å². The van der Waals surface area contributed by atoms with E-state index >= 15 is 0 Å². The molecule has 9 heteroatoms. The van der Waals surface area contributed by atoms with E-state index in [1.54, 1.807) is 45.9 Å². The van der Waals surface area contributed by atoms with Crippen molar-refractivity contribution in [1.82, 2.24) is 0 Å². The molecule has 6 nitrogen and oxygen atoms in total. The molecule has 160 valence electrons. The van der Waals surface area contributed by atoms with Crippen molar-refractivity contribution in [3.05, 3.63) is 57.6 Å². The minimum Gasteiger partial charge on any atom is -0.459 e. The first-order valence-electron chi connectivity index (χ1n) is 9.15. The Morgan fingerprint density at radius 3 is 1.90 bits per heavy atom. The van der Waals surface area contributed by atoms with Crippen molar-refractivity contribution in [3.63, 3.8) is 0 Å². The van der Waals surface area contributed by atoms with Crippen LogP contribution in [0.2, 0.25) is 10.0 Å². The van der Waals surface area contributed by atoms with E-state index in [2.05, 4.69) is 10.6 Å². The molecule has 0 heterocycles. The van der Waals surface area contributed by atoms with Crippen LogP contribution in [0.1, 0.15) is 48.4 Å². The molecule has 0 saturated heterocycles. The third-order valence-electron chi connectivity index (χ3n) is 3.52. The lowest BCUT2D eigenvalue weighted by atomic mass is 10.1. The second-order valence-corrected chi connectivity index (χ2v) is 8.16. The molecule has 0 aliphatic rings. The first-order valence-corrected chi connectivity index (χ1v) is 10.3. The third kappa shape index (κ3) is 7.16. The summed E-state index contributed by atoms with van der Waals surface area (Å²) in [5.41, 5.74) is 1.29. The summed E-state index contributed by atoms with van der Waals surface area (Å²) in [5.74, 6) is -1.13. The highest BCUT2D eigenvalue weighted by Crippen LogP contribution is 2.26. The Kier molecular flexibility index (Phi) is 8.46. The van der Waals surface area contributed by atoms with Gasteiger partial charge in [0.15, 0.2) is 5.11 Å². The molecule has 0 aliphatic heterocycles. The van der Waals surface area contributed by atoms with Crippen LogP contribution >= 0.6 is 35.4 Å². The van der Waals surface area contributed by atoms with Crippen molar-refractivity contribution in [2.45, 2.75) is 39.9 Å². The molecular formula is C21H22Cl2N2O4S. The monoisotopic (exact) mass is 468 g/mol. The molecule has 0 atom stereocenters. The number of esters is 2. The van der Waals surface area contributed by atoms with Crippen LogP contribution in [0.15, 0.2) is 36.4 Å². The molecular weight excluding hydrogens is 447 g/mol. The smallest absolute Gasteiger partial charge is 0.338 e. The van der Waals surface area contributed by atoms with Gasteiger partial charge in [-0.2, -0.15) is 0 Å². The van der Waals surface area contributed by atoms with Gasteiger partial charge in [-0.3, -0.25) is 0 Å². The summed E-state index contributed by atoms with van der Waals surface area (Å²) in [6.45, 7) is 6.95. The zero-order chi connectivity index (χ0) is 22.4. The SMILES string of the molecule is CC(C)OC(=O)c1cc(NC(=S)Nc2cc(Cl)ccc2Cl)cc(C(=O)OC(C)C)c1. The second kappa shape index (κ2) is 10.6. The van der Waals surface area contributed by atoms with Gasteiger partial charge < -0.3 is 20.1 Å². The number of halogens is 2. The lowest BCUT2D eigenvalue weighted by Crippen LogP contribution is -2.21. The number of rotatable bonds is 6. The van der Waals surface area contributed by atoms with Crippen LogP contribution in [-0.2, 0) is 9.47 Å². The fourth-order valence-corrected chi connectivity index (χ4v) is 2.94. The van der Waals surface area contributed by atoms with Gasteiger partial charge in [-0.05, 0) is 76.3 Å². The summed E-state index contributed by atoms with van der Waals surface area (Å²) in [6.07, 6.45) is -0.624. The normalized spacial score (nSPS) is 10.7. The molecule has 0 spiro atoms. The van der Waals surface area contributed by atoms with Gasteiger partial charge in [0.2, 0.25) is 0 Å². The topological polar surface area (TPSA) is 76.7 Å². The predicted molar refractivity (Wildman–Crippen MR) is 124 cm³/mol. The minimum absolute atomic E-state index is 0.188. The number of hydrogen-bond donors (Lipinski definition) is 2. The van der Waals surface area contributed by atoms with Crippen molar-refractivity contribution >= 4 is 63.8 Å². The number of anilines is 2. The minimum atomic E-state index is -0.566. The van der Waals surface area contributed by atoms with E-state index in [-0.39, 0.29) is 28.4 Å². The number of hydrogen-bond acceptors (Lipinski definition) is 5. The Labute approximate surface area is 190 Å². The molecule has 0 unspecified atom stereocenters. The average molecular weight is 469 g/mol. The highest BCUT2D eigenvalue weighted by Gasteiger charge is 2.17. The van der Waals surface area contributed by atoms with E-state index in [0.717, 1.165) is 0 Å². The van der Waals surface area contributed by atoms with Crippen LogP contribution in [0.25, 0.3) is 0 Å². The highest BCUT2D eigenvalue weighted by atomic mass is 35.5. The highest BCUT2D eigenvalue weighted by molar-refractivity contribution is 7.80. The van der Waals surface area contributed by atoms with Crippen LogP contribution in [0.3, 0.4) is 0 Å². The van der Waals surface area contributed by atoms with Gasteiger partial charge in [-0.25, -0.2) is 9.59 Å². The van der Waals surface area contributed by atoms with E-state index in [1.807, 2.05) is 0 Å². The first kappa shape index (κ1) is 23.9. The number of nitrogens with one attached hydrogen (secondary N) is 2. The Morgan fingerprint density at radius 2 is 1.40 bits per heavy atom. The Hall–Kier alpha value is -2.35. The molecule has 0 radical (unpaired) electrons. The van der Waals surface area contributed by atoms with Gasteiger partial charge >= 0.3 is 11.9 Å². The maximum Gasteiger partial charge on any atom is 0.338 e. The second-order valence-electron chi connectivity index (χ2n) is 6.91. The molecule has 0 bridgehead atoms. The van der Waals surface area contributed by atoms with E-state index < -0.39 is 11.9 Å². The third-order valence-corrected chi connectivity index (χ3v) is 4.29. The number of ether oxygens (including phenoxy) is 2. The molecule has 2 N–H and O–H groups in total. The largest absolute Gasteiger partial charge is 0.459 e. The van der Waals surface area contributed by atoms with Crippen molar-refractivity contribution in [2.75, 3.05) is 10.6 Å². The van der Waals surface area contributed by atoms with Gasteiger partial charge in [0, 0.05) is 10.7 Å². The maximum atomic E-state index is 12.4. The number of benzene rings is 2. The quantitative estimate of drug-likeness (QED) is 0.401. The van der Waals surface area contributed by atoms with Crippen molar-refractivity contribution in [2.24, 2.45) is 0 Å². The molecule has 0 saturated carbocycles. The molecule has 2 aromatic rings. The lowest BCUT2D eigenvalue weighted by Gasteiger charge is -2.15. The molecule has 0 aliphatic carbocycles. The summed E-state index contributed by atoms with van der Waals surface area (Å²) < 4.78 is 10.5. The van der Waals surface area contributed by atoms with E-state index in [4.69, 9.17) is 44.9 Å². The molecule has 30 heavy (non-hydrogen) atoms. The Morgan fingerprint density at radius 1 is 0.867 bits per heavy atom. The number of thiocarbonyl (C=S) groups is 1. The fourth-order valence-electron chi connectivity index (χ4n) is 2.38. The van der Waals surface area contributed by atoms with Crippen molar-refractivity contribution in [1.29, 1.82) is 0 Å². The molecule has 0 aromatic heterocycles. The maximum absolute atomic E-state index is 12.4. The van der Waals surface area contributed by atoms with Crippen LogP contribution in [0.5, 0.6) is 0 Å². The number of carbonyl (C=O) groups is 2. The van der Waals surface area contributed by atoms with E-state index in [1.165, 1.54) is 18.2 Å². The van der Waals surface area contributed by atoms with Crippen LogP contribution in [0, 0.1) is 0 Å². The number of carbonyl (C=O) groups excluding carboxylic acids is 2. The summed E-state index contributed by atoms with van der Waals surface area (Å²) in [7, 11) is 0. The van der Waals surface area contributed by atoms with Crippen molar-refractivity contribution < 1.29 is 19.1 Å². The molecule has 0 amide bonds. The Balaban J connectivity index is 2.30. The molecule has 2 aromatic carbocycles. The summed E-state index contributed by atoms with van der Waals surface area (Å²) >= 11 is 17.5. The zero-order valence-corrected chi connectivity index (χ0v) is 19.2. The first-order chi connectivity index (χ1) is 14.0. The summed E-state index contributed by atoms with van der Waals surface area (Å²) in [4.78, 5) is 24.8. The molecule has 0 fully saturated rings.